The molecule has 19 heavy (non-hydrogen) atoms. The Bertz CT molecular complexity index is 749. The van der Waals surface area contributed by atoms with Gasteiger partial charge in [0.05, 0.1) is 16.1 Å². The molecule has 5 heteroatoms. The summed E-state index contributed by atoms with van der Waals surface area (Å²) in [4.78, 5) is 24.6. The van der Waals surface area contributed by atoms with E-state index in [0.29, 0.717) is 0 Å². The van der Waals surface area contributed by atoms with Crippen molar-refractivity contribution in [2.24, 2.45) is 0 Å². The summed E-state index contributed by atoms with van der Waals surface area (Å²) in [5.74, 6) is -2.11. The van der Waals surface area contributed by atoms with E-state index >= 15 is 0 Å². The Balaban J connectivity index is 2.43. The standard InChI is InChI=1S/C14H7ClO4/c15-8-5-9(16)14(19)11-10(8)12(17)6-3-1-2-4-7(6)13(11)18/h1-5,16,19H. The molecule has 0 aliphatic heterocycles. The van der Waals surface area contributed by atoms with Crippen molar-refractivity contribution in [3.63, 3.8) is 0 Å². The molecule has 0 radical (unpaired) electrons. The molecule has 0 saturated heterocycles. The van der Waals surface area contributed by atoms with Crippen LogP contribution in [0.4, 0.5) is 0 Å². The first kappa shape index (κ1) is 11.7. The number of aromatic hydroxyl groups is 2. The summed E-state index contributed by atoms with van der Waals surface area (Å²) in [6.45, 7) is 0. The zero-order chi connectivity index (χ0) is 13.7. The molecule has 0 unspecified atom stereocenters. The largest absolute Gasteiger partial charge is 0.504 e. The predicted octanol–water partition coefficient (Wildman–Crippen LogP) is 2.53. The molecule has 2 aromatic rings. The smallest absolute Gasteiger partial charge is 0.198 e. The Labute approximate surface area is 112 Å². The molecule has 0 atom stereocenters. The second kappa shape index (κ2) is 3.83. The van der Waals surface area contributed by atoms with Crippen LogP contribution in [-0.4, -0.2) is 21.8 Å². The van der Waals surface area contributed by atoms with Gasteiger partial charge in [-0.2, -0.15) is 0 Å². The van der Waals surface area contributed by atoms with E-state index in [2.05, 4.69) is 0 Å². The number of ketones is 2. The molecule has 0 fully saturated rings. The van der Waals surface area contributed by atoms with Gasteiger partial charge in [-0.05, 0) is 0 Å². The maximum atomic E-state index is 12.3. The van der Waals surface area contributed by atoms with Gasteiger partial charge >= 0.3 is 0 Å². The molecule has 0 spiro atoms. The van der Waals surface area contributed by atoms with Crippen LogP contribution in [0.5, 0.6) is 11.5 Å². The highest BCUT2D eigenvalue weighted by atomic mass is 35.5. The number of phenolic OH excluding ortho intramolecular Hbond substituents is 2. The summed E-state index contributed by atoms with van der Waals surface area (Å²) in [5, 5.41) is 19.3. The van der Waals surface area contributed by atoms with Gasteiger partial charge in [0, 0.05) is 17.2 Å². The fourth-order valence-electron chi connectivity index (χ4n) is 2.22. The van der Waals surface area contributed by atoms with Crippen LogP contribution in [0.1, 0.15) is 31.8 Å². The lowest BCUT2D eigenvalue weighted by Gasteiger charge is -2.19. The number of benzene rings is 2. The highest BCUT2D eigenvalue weighted by Gasteiger charge is 2.34. The molecule has 0 bridgehead atoms. The van der Waals surface area contributed by atoms with Crippen molar-refractivity contribution in [3.05, 3.63) is 57.6 Å². The maximum absolute atomic E-state index is 12.3. The van der Waals surface area contributed by atoms with Crippen molar-refractivity contribution in [2.75, 3.05) is 0 Å². The van der Waals surface area contributed by atoms with Gasteiger partial charge in [-0.3, -0.25) is 9.59 Å². The van der Waals surface area contributed by atoms with Crippen molar-refractivity contribution in [1.82, 2.24) is 0 Å². The van der Waals surface area contributed by atoms with Gasteiger partial charge < -0.3 is 10.2 Å². The Morgan fingerprint density at radius 3 is 2.00 bits per heavy atom. The third-order valence-corrected chi connectivity index (χ3v) is 3.40. The molecule has 0 heterocycles. The number of halogens is 1. The summed E-state index contributed by atoms with van der Waals surface area (Å²) < 4.78 is 0. The highest BCUT2D eigenvalue weighted by molar-refractivity contribution is 6.39. The van der Waals surface area contributed by atoms with Crippen molar-refractivity contribution in [3.8, 4) is 11.5 Å². The first-order valence-electron chi connectivity index (χ1n) is 5.45. The first-order chi connectivity index (χ1) is 9.02. The van der Waals surface area contributed by atoms with Crippen LogP contribution in [0.15, 0.2) is 30.3 Å². The minimum Gasteiger partial charge on any atom is -0.504 e. The fraction of sp³-hybridized carbons (Fsp3) is 0. The minimum atomic E-state index is -0.618. The lowest BCUT2D eigenvalue weighted by molar-refractivity contribution is 0.0976. The quantitative estimate of drug-likeness (QED) is 0.618. The molecule has 94 valence electrons. The predicted molar refractivity (Wildman–Crippen MR) is 68.1 cm³/mol. The van der Waals surface area contributed by atoms with Crippen LogP contribution in [-0.2, 0) is 0 Å². The second-order valence-electron chi connectivity index (χ2n) is 4.18. The van der Waals surface area contributed by atoms with Gasteiger partial charge in [-0.1, -0.05) is 35.9 Å². The Kier molecular flexibility index (Phi) is 2.37. The fourth-order valence-corrected chi connectivity index (χ4v) is 2.50. The molecule has 2 N–H and O–H groups in total. The minimum absolute atomic E-state index is 0.0573. The molecule has 2 aromatic carbocycles. The van der Waals surface area contributed by atoms with Gasteiger partial charge in [-0.25, -0.2) is 0 Å². The van der Waals surface area contributed by atoms with E-state index in [1.54, 1.807) is 12.1 Å². The van der Waals surface area contributed by atoms with E-state index in [0.717, 1.165) is 6.07 Å². The third kappa shape index (κ3) is 1.47. The van der Waals surface area contributed by atoms with Crippen LogP contribution in [0.25, 0.3) is 0 Å². The van der Waals surface area contributed by atoms with Gasteiger partial charge in [0.1, 0.15) is 0 Å². The summed E-state index contributed by atoms with van der Waals surface area (Å²) in [6.07, 6.45) is 0. The summed E-state index contributed by atoms with van der Waals surface area (Å²) >= 11 is 5.90. The van der Waals surface area contributed by atoms with E-state index in [-0.39, 0.29) is 27.3 Å². The number of carbonyl (C=O) groups excluding carboxylic acids is 2. The zero-order valence-electron chi connectivity index (χ0n) is 9.48. The van der Waals surface area contributed by atoms with Crippen LogP contribution >= 0.6 is 11.6 Å². The topological polar surface area (TPSA) is 74.6 Å². The molecule has 1 aliphatic carbocycles. The van der Waals surface area contributed by atoms with Gasteiger partial charge in [0.2, 0.25) is 0 Å². The third-order valence-electron chi connectivity index (χ3n) is 3.10. The molecular formula is C14H7ClO4. The first-order valence-corrected chi connectivity index (χ1v) is 5.83. The number of phenols is 2. The molecule has 0 amide bonds. The average molecular weight is 275 g/mol. The maximum Gasteiger partial charge on any atom is 0.198 e. The Hall–Kier alpha value is -2.33. The summed E-state index contributed by atoms with van der Waals surface area (Å²) in [5.41, 5.74) is 0.123. The van der Waals surface area contributed by atoms with E-state index in [1.165, 1.54) is 12.1 Å². The number of fused-ring (bicyclic) bond motifs is 2. The van der Waals surface area contributed by atoms with Crippen LogP contribution in [0.3, 0.4) is 0 Å². The van der Waals surface area contributed by atoms with Crippen LogP contribution in [0.2, 0.25) is 5.02 Å². The molecule has 0 saturated carbocycles. The number of carbonyl (C=O) groups is 2. The monoisotopic (exact) mass is 274 g/mol. The second-order valence-corrected chi connectivity index (χ2v) is 4.59. The van der Waals surface area contributed by atoms with Crippen molar-refractivity contribution in [1.29, 1.82) is 0 Å². The molecule has 0 aromatic heterocycles. The number of rotatable bonds is 0. The van der Waals surface area contributed by atoms with Crippen LogP contribution in [0, 0.1) is 0 Å². The Morgan fingerprint density at radius 1 is 0.895 bits per heavy atom. The SMILES string of the molecule is O=C1c2ccccc2C(=O)c2c(O)c(O)cc(Cl)c21. The summed E-state index contributed by atoms with van der Waals surface area (Å²) in [6, 6.07) is 7.34. The van der Waals surface area contributed by atoms with Crippen LogP contribution < -0.4 is 0 Å². The normalized spacial score (nSPS) is 13.1. The van der Waals surface area contributed by atoms with Gasteiger partial charge in [0.25, 0.3) is 0 Å². The molecular weight excluding hydrogens is 268 g/mol. The van der Waals surface area contributed by atoms with Crippen molar-refractivity contribution < 1.29 is 19.8 Å². The molecule has 1 aliphatic rings. The summed E-state index contributed by atoms with van der Waals surface area (Å²) in [7, 11) is 0. The van der Waals surface area contributed by atoms with E-state index < -0.39 is 23.1 Å². The van der Waals surface area contributed by atoms with Crippen molar-refractivity contribution >= 4 is 23.2 Å². The molecule has 3 rings (SSSR count). The zero-order valence-corrected chi connectivity index (χ0v) is 10.2. The van der Waals surface area contributed by atoms with E-state index in [1.807, 2.05) is 0 Å². The van der Waals surface area contributed by atoms with Crippen molar-refractivity contribution in [2.45, 2.75) is 0 Å². The average Bonchev–Trinajstić information content (AvgIpc) is 2.40. The Morgan fingerprint density at radius 2 is 1.42 bits per heavy atom. The molecule has 4 nitrogen and oxygen atoms in total. The lowest BCUT2D eigenvalue weighted by Crippen LogP contribution is -2.21. The van der Waals surface area contributed by atoms with E-state index in [9.17, 15) is 19.8 Å². The highest BCUT2D eigenvalue weighted by Crippen LogP contribution is 2.41. The number of hydrogen-bond acceptors (Lipinski definition) is 4. The number of hydrogen-bond donors (Lipinski definition) is 2. The van der Waals surface area contributed by atoms with Gasteiger partial charge in [-0.15, -0.1) is 0 Å². The van der Waals surface area contributed by atoms with Gasteiger partial charge in [0.15, 0.2) is 23.1 Å². The lowest BCUT2D eigenvalue weighted by atomic mass is 9.83. The van der Waals surface area contributed by atoms with E-state index in [4.69, 9.17) is 11.6 Å².